The Morgan fingerprint density at radius 1 is 1.41 bits per heavy atom. The van der Waals surface area contributed by atoms with Crippen LogP contribution in [0.15, 0.2) is 12.7 Å². The maximum absolute atomic E-state index is 11.2. The molecule has 17 heavy (non-hydrogen) atoms. The summed E-state index contributed by atoms with van der Waals surface area (Å²) in [6, 6.07) is 0. The topological polar surface area (TPSA) is 63.6 Å². The average molecular weight is 264 g/mol. The van der Waals surface area contributed by atoms with E-state index < -0.39 is 14.1 Å². The number of likely N-dealkylation sites (N-methyl/N-ethyl adjacent to an activating group) is 1. The normalized spacial score (nSPS) is 11.9. The van der Waals surface area contributed by atoms with Gasteiger partial charge in [-0.15, -0.1) is 0 Å². The first-order valence-corrected chi connectivity index (χ1v) is 6.66. The predicted octanol–water partition coefficient (Wildman–Crippen LogP) is 0.974. The number of carbonyl (C=O) groups excluding carboxylic acids is 2. The molecule has 0 fully saturated rings. The van der Waals surface area contributed by atoms with Gasteiger partial charge in [0.25, 0.3) is 0 Å². The summed E-state index contributed by atoms with van der Waals surface area (Å²) in [6.45, 7) is 5.42. The number of carbonyl (C=O) groups is 2. The molecule has 0 radical (unpaired) electrons. The smallest absolute Gasteiger partial charge is 0.329 e. The predicted molar refractivity (Wildman–Crippen MR) is 69.8 cm³/mol. The Morgan fingerprint density at radius 3 is 2.06 bits per heavy atom. The summed E-state index contributed by atoms with van der Waals surface area (Å²) in [5, 5.41) is 0. The van der Waals surface area contributed by atoms with E-state index >= 15 is 0 Å². The van der Waals surface area contributed by atoms with Gasteiger partial charge in [-0.1, -0.05) is 13.5 Å². The van der Waals surface area contributed by atoms with Gasteiger partial charge in [0, 0.05) is 6.08 Å². The van der Waals surface area contributed by atoms with Crippen LogP contribution < -0.4 is 0 Å². The Kier molecular flexibility index (Phi) is 10.1. The van der Waals surface area contributed by atoms with E-state index in [1.807, 2.05) is 28.1 Å². The molecule has 1 N–H and O–H groups in total. The second kappa shape index (κ2) is 9.28. The molecule has 0 heterocycles. The quantitative estimate of drug-likeness (QED) is 0.348. The Balaban J connectivity index is 0. The Bertz CT molecular complexity index is 261. The maximum atomic E-state index is 11.2. The highest BCUT2D eigenvalue weighted by molar-refractivity contribution is 7.69. The Hall–Kier alpha value is -0.770. The summed E-state index contributed by atoms with van der Waals surface area (Å²) in [5.74, 6) is -0.394. The van der Waals surface area contributed by atoms with Crippen LogP contribution in [0.4, 0.5) is 0 Å². The van der Waals surface area contributed by atoms with Gasteiger partial charge in [0.1, 0.15) is 14.7 Å². The number of nitrogens with zero attached hydrogens (tertiary/aromatic N) is 1. The fourth-order valence-electron chi connectivity index (χ4n) is 0.747. The SMILES string of the molecule is C=CC(=O)OC.CCP(O)C(=O)C[N+](C)(C)C. The average Bonchev–Trinajstić information content (AvgIpc) is 2.25. The van der Waals surface area contributed by atoms with Crippen LogP contribution in [0.3, 0.4) is 0 Å². The fourth-order valence-corrected chi connectivity index (χ4v) is 1.69. The number of quaternary nitrogens is 1. The van der Waals surface area contributed by atoms with E-state index in [4.69, 9.17) is 0 Å². The van der Waals surface area contributed by atoms with Crippen LogP contribution >= 0.6 is 8.15 Å². The van der Waals surface area contributed by atoms with E-state index in [2.05, 4.69) is 11.3 Å². The van der Waals surface area contributed by atoms with E-state index in [1.165, 1.54) is 7.11 Å². The molecule has 0 rings (SSSR count). The summed E-state index contributed by atoms with van der Waals surface area (Å²) in [7, 11) is 5.77. The van der Waals surface area contributed by atoms with Gasteiger partial charge in [-0.3, -0.25) is 4.79 Å². The van der Waals surface area contributed by atoms with Crippen LogP contribution in [0.5, 0.6) is 0 Å². The lowest BCUT2D eigenvalue weighted by Gasteiger charge is -2.23. The standard InChI is InChI=1S/C7H17NO2P.C4H6O2/c1-5-11(10)7(9)6-8(2,3)4;1-3-4(5)6-2/h10H,5-6H2,1-4H3;3H,1H2,2H3/q+1;. The van der Waals surface area contributed by atoms with Crippen molar-refractivity contribution in [3.8, 4) is 0 Å². The number of hydrogen-bond acceptors (Lipinski definition) is 4. The lowest BCUT2D eigenvalue weighted by atomic mass is 10.5. The van der Waals surface area contributed by atoms with Gasteiger partial charge < -0.3 is 14.1 Å². The van der Waals surface area contributed by atoms with Crippen LogP contribution in [0.25, 0.3) is 0 Å². The largest absolute Gasteiger partial charge is 0.466 e. The zero-order valence-corrected chi connectivity index (χ0v) is 12.2. The molecule has 0 aromatic carbocycles. The van der Waals surface area contributed by atoms with Gasteiger partial charge in [-0.2, -0.15) is 0 Å². The van der Waals surface area contributed by atoms with Crippen molar-refractivity contribution >= 4 is 19.6 Å². The second-order valence-corrected chi connectivity index (χ2v) is 6.22. The van der Waals surface area contributed by atoms with Crippen LogP contribution in [-0.2, 0) is 14.3 Å². The molecule has 0 saturated heterocycles. The van der Waals surface area contributed by atoms with Crippen LogP contribution in [0, 0.1) is 0 Å². The number of ether oxygens (including phenoxy) is 1. The third-order valence-electron chi connectivity index (χ3n) is 1.56. The third kappa shape index (κ3) is 13.2. The van der Waals surface area contributed by atoms with Gasteiger partial charge in [0.2, 0.25) is 5.52 Å². The Morgan fingerprint density at radius 2 is 1.88 bits per heavy atom. The van der Waals surface area contributed by atoms with Gasteiger partial charge in [-0.25, -0.2) is 4.79 Å². The van der Waals surface area contributed by atoms with Crippen molar-refractivity contribution in [2.45, 2.75) is 6.92 Å². The molecule has 0 spiro atoms. The molecule has 1 atom stereocenters. The second-order valence-electron chi connectivity index (χ2n) is 4.29. The molecule has 1 unspecified atom stereocenters. The van der Waals surface area contributed by atoms with Crippen LogP contribution in [-0.4, -0.2) is 61.8 Å². The molecule has 6 heteroatoms. The maximum Gasteiger partial charge on any atom is 0.329 e. The third-order valence-corrected chi connectivity index (χ3v) is 2.88. The molecule has 0 aliphatic rings. The first-order valence-electron chi connectivity index (χ1n) is 5.18. The summed E-state index contributed by atoms with van der Waals surface area (Å²) in [6.07, 6.45) is 1.69. The van der Waals surface area contributed by atoms with E-state index in [-0.39, 0.29) is 5.52 Å². The van der Waals surface area contributed by atoms with Gasteiger partial charge >= 0.3 is 5.97 Å². The van der Waals surface area contributed by atoms with Crippen molar-refractivity contribution in [3.63, 3.8) is 0 Å². The van der Waals surface area contributed by atoms with Crippen molar-refractivity contribution < 1.29 is 23.7 Å². The lowest BCUT2D eigenvalue weighted by molar-refractivity contribution is -0.861. The van der Waals surface area contributed by atoms with E-state index in [1.54, 1.807) is 0 Å². The number of esters is 1. The minimum Gasteiger partial charge on any atom is -0.466 e. The number of methoxy groups -OCH3 is 1. The summed E-state index contributed by atoms with van der Waals surface area (Å²) in [4.78, 5) is 30.2. The lowest BCUT2D eigenvalue weighted by Crippen LogP contribution is -2.39. The van der Waals surface area contributed by atoms with Crippen molar-refractivity contribution in [2.24, 2.45) is 0 Å². The van der Waals surface area contributed by atoms with Crippen molar-refractivity contribution in [3.05, 3.63) is 12.7 Å². The zero-order chi connectivity index (χ0) is 14.1. The molecule has 100 valence electrons. The zero-order valence-electron chi connectivity index (χ0n) is 11.3. The fraction of sp³-hybridized carbons (Fsp3) is 0.636. The molecule has 0 amide bonds. The molecule has 0 aromatic heterocycles. The monoisotopic (exact) mass is 264 g/mol. The van der Waals surface area contributed by atoms with E-state index in [0.717, 1.165) is 6.08 Å². The number of rotatable bonds is 5. The highest BCUT2D eigenvalue weighted by Crippen LogP contribution is 2.30. The molecule has 0 aliphatic carbocycles. The molecule has 0 bridgehead atoms. The van der Waals surface area contributed by atoms with Crippen LogP contribution in [0.2, 0.25) is 0 Å². The van der Waals surface area contributed by atoms with Gasteiger partial charge in [-0.05, 0) is 6.16 Å². The first-order chi connectivity index (χ1) is 7.67. The van der Waals surface area contributed by atoms with Gasteiger partial charge in [0.15, 0.2) is 0 Å². The van der Waals surface area contributed by atoms with E-state index in [0.29, 0.717) is 17.2 Å². The molecule has 0 aliphatic heterocycles. The molecule has 0 aromatic rings. The number of hydrogen-bond donors (Lipinski definition) is 1. The van der Waals surface area contributed by atoms with E-state index in [9.17, 15) is 14.5 Å². The van der Waals surface area contributed by atoms with Crippen molar-refractivity contribution in [1.29, 1.82) is 0 Å². The molecule has 0 saturated carbocycles. The van der Waals surface area contributed by atoms with Crippen molar-refractivity contribution in [2.75, 3.05) is 41.0 Å². The minimum atomic E-state index is -1.36. The highest BCUT2D eigenvalue weighted by Gasteiger charge is 2.20. The summed E-state index contributed by atoms with van der Waals surface area (Å²) in [5.41, 5.74) is -0.00463. The Labute approximate surface area is 104 Å². The van der Waals surface area contributed by atoms with Crippen LogP contribution in [0.1, 0.15) is 6.92 Å². The summed E-state index contributed by atoms with van der Waals surface area (Å²) >= 11 is 0. The van der Waals surface area contributed by atoms with Gasteiger partial charge in [0.05, 0.1) is 28.3 Å². The first kappa shape index (κ1) is 18.6. The molecular weight excluding hydrogens is 241 g/mol. The summed E-state index contributed by atoms with van der Waals surface area (Å²) < 4.78 is 4.74. The molecule has 5 nitrogen and oxygen atoms in total. The highest BCUT2D eigenvalue weighted by atomic mass is 31.1. The van der Waals surface area contributed by atoms with Crippen molar-refractivity contribution in [1.82, 2.24) is 0 Å². The molecular formula is C11H23NO4P+. The minimum absolute atomic E-state index is 0.00463.